The summed E-state index contributed by atoms with van der Waals surface area (Å²) >= 11 is -1.12. The first-order valence-electron chi connectivity index (χ1n) is 4.69. The number of carboxylic acids is 1. The Morgan fingerprint density at radius 2 is 2.06 bits per heavy atom. The molecule has 2 aromatic rings. The van der Waals surface area contributed by atoms with E-state index in [1.165, 1.54) is 0 Å². The van der Waals surface area contributed by atoms with Crippen LogP contribution < -0.4 is 0 Å². The third-order valence-corrected chi connectivity index (χ3v) is 3.37. The van der Waals surface area contributed by atoms with Gasteiger partial charge in [-0.3, -0.25) is 0 Å². The van der Waals surface area contributed by atoms with Gasteiger partial charge < -0.3 is 9.66 Å². The summed E-state index contributed by atoms with van der Waals surface area (Å²) in [5.41, 5.74) is 0.213. The van der Waals surface area contributed by atoms with Crippen LogP contribution in [-0.2, 0) is 11.2 Å². The zero-order chi connectivity index (χ0) is 11.7. The molecule has 0 saturated carbocycles. The lowest BCUT2D eigenvalue weighted by Crippen LogP contribution is -2.00. The molecule has 0 aliphatic carbocycles. The second-order valence-electron chi connectivity index (χ2n) is 3.45. The first-order valence-corrected chi connectivity index (χ1v) is 6.25. The van der Waals surface area contributed by atoms with Crippen molar-refractivity contribution in [2.75, 3.05) is 6.26 Å². The van der Waals surface area contributed by atoms with E-state index in [1.54, 1.807) is 30.5 Å². The van der Waals surface area contributed by atoms with E-state index in [9.17, 15) is 9.35 Å². The minimum Gasteiger partial charge on any atom is -0.612 e. The van der Waals surface area contributed by atoms with Crippen molar-refractivity contribution in [2.45, 2.75) is 4.90 Å². The summed E-state index contributed by atoms with van der Waals surface area (Å²) in [7, 11) is 0. The largest absolute Gasteiger partial charge is 0.612 e. The van der Waals surface area contributed by atoms with Crippen molar-refractivity contribution in [3.63, 3.8) is 0 Å². The van der Waals surface area contributed by atoms with Gasteiger partial charge in [0.1, 0.15) is 6.26 Å². The van der Waals surface area contributed by atoms with Crippen LogP contribution in [-0.4, -0.2) is 21.9 Å². The molecule has 2 aromatic carbocycles. The average Bonchev–Trinajstić information content (AvgIpc) is 2.27. The molecule has 82 valence electrons. The summed E-state index contributed by atoms with van der Waals surface area (Å²) in [5.74, 6) is -0.974. The first kappa shape index (κ1) is 11.0. The van der Waals surface area contributed by atoms with Gasteiger partial charge >= 0.3 is 5.97 Å². The average molecular weight is 234 g/mol. The highest BCUT2D eigenvalue weighted by Crippen LogP contribution is 2.24. The number of hydrogen-bond acceptors (Lipinski definition) is 2. The van der Waals surface area contributed by atoms with E-state index < -0.39 is 17.1 Å². The minimum atomic E-state index is -1.12. The Morgan fingerprint density at radius 3 is 2.69 bits per heavy atom. The van der Waals surface area contributed by atoms with Gasteiger partial charge in [-0.05, 0) is 34.8 Å². The topological polar surface area (TPSA) is 60.4 Å². The normalized spacial score (nSPS) is 12.6. The molecule has 0 radical (unpaired) electrons. The predicted molar refractivity (Wildman–Crippen MR) is 63.2 cm³/mol. The van der Waals surface area contributed by atoms with Gasteiger partial charge in [0.15, 0.2) is 4.90 Å². The Labute approximate surface area is 95.9 Å². The van der Waals surface area contributed by atoms with Crippen LogP contribution in [0.5, 0.6) is 0 Å². The molecular weight excluding hydrogens is 224 g/mol. The van der Waals surface area contributed by atoms with Crippen molar-refractivity contribution < 1.29 is 14.5 Å². The molecule has 0 saturated heterocycles. The number of hydrogen-bond donors (Lipinski definition) is 1. The lowest BCUT2D eigenvalue weighted by molar-refractivity contribution is 0.0697. The molecule has 0 amide bonds. The van der Waals surface area contributed by atoms with E-state index in [1.807, 2.05) is 12.1 Å². The number of rotatable bonds is 2. The van der Waals surface area contributed by atoms with Gasteiger partial charge in [0, 0.05) is 5.39 Å². The minimum absolute atomic E-state index is 0.213. The van der Waals surface area contributed by atoms with E-state index in [0.29, 0.717) is 4.90 Å². The zero-order valence-electron chi connectivity index (χ0n) is 8.64. The molecule has 3 nitrogen and oxygen atoms in total. The number of fused-ring (bicyclic) bond motifs is 1. The quantitative estimate of drug-likeness (QED) is 0.811. The molecule has 0 heterocycles. The van der Waals surface area contributed by atoms with Crippen LogP contribution in [0.4, 0.5) is 0 Å². The molecular formula is C12H10O3S. The highest BCUT2D eigenvalue weighted by Gasteiger charge is 2.11. The molecule has 0 aliphatic heterocycles. The summed E-state index contributed by atoms with van der Waals surface area (Å²) < 4.78 is 11.5. The number of aromatic carboxylic acids is 1. The molecule has 1 atom stereocenters. The maximum atomic E-state index is 11.5. The number of carboxylic acid groups (broad SMARTS) is 1. The highest BCUT2D eigenvalue weighted by molar-refractivity contribution is 7.91. The lowest BCUT2D eigenvalue weighted by Gasteiger charge is -2.08. The van der Waals surface area contributed by atoms with Crippen LogP contribution in [0.25, 0.3) is 10.8 Å². The van der Waals surface area contributed by atoms with Gasteiger partial charge in [0.2, 0.25) is 0 Å². The monoisotopic (exact) mass is 234 g/mol. The van der Waals surface area contributed by atoms with Crippen molar-refractivity contribution in [1.82, 2.24) is 0 Å². The zero-order valence-corrected chi connectivity index (χ0v) is 9.45. The van der Waals surface area contributed by atoms with Crippen LogP contribution >= 0.6 is 0 Å². The van der Waals surface area contributed by atoms with Gasteiger partial charge in [-0.15, -0.1) is 0 Å². The Balaban J connectivity index is 2.73. The number of benzene rings is 2. The van der Waals surface area contributed by atoms with E-state index in [-0.39, 0.29) is 5.56 Å². The van der Waals surface area contributed by atoms with E-state index in [0.717, 1.165) is 10.8 Å². The number of carbonyl (C=O) groups is 1. The first-order chi connectivity index (χ1) is 7.59. The van der Waals surface area contributed by atoms with Crippen LogP contribution in [0, 0.1) is 0 Å². The Hall–Kier alpha value is -1.52. The lowest BCUT2D eigenvalue weighted by atomic mass is 10.1. The van der Waals surface area contributed by atoms with Gasteiger partial charge in [-0.2, -0.15) is 0 Å². The third-order valence-electron chi connectivity index (χ3n) is 2.40. The van der Waals surface area contributed by atoms with Gasteiger partial charge in [-0.1, -0.05) is 18.2 Å². The molecule has 0 fully saturated rings. The van der Waals surface area contributed by atoms with Crippen molar-refractivity contribution in [3.8, 4) is 0 Å². The fourth-order valence-electron chi connectivity index (χ4n) is 1.63. The summed E-state index contributed by atoms with van der Waals surface area (Å²) in [4.78, 5) is 11.5. The smallest absolute Gasteiger partial charge is 0.335 e. The Kier molecular flexibility index (Phi) is 2.85. The van der Waals surface area contributed by atoms with E-state index >= 15 is 0 Å². The molecule has 0 aromatic heterocycles. The molecule has 0 spiro atoms. The summed E-state index contributed by atoms with van der Waals surface area (Å²) in [6.07, 6.45) is 1.59. The summed E-state index contributed by atoms with van der Waals surface area (Å²) in [6, 6.07) is 10.3. The SMILES string of the molecule is C[S+]([O-])c1cccc2ccc(C(=O)O)cc12. The summed E-state index contributed by atoms with van der Waals surface area (Å²) in [6.45, 7) is 0. The van der Waals surface area contributed by atoms with Crippen LogP contribution in [0.2, 0.25) is 0 Å². The molecule has 4 heteroatoms. The van der Waals surface area contributed by atoms with Crippen molar-refractivity contribution in [3.05, 3.63) is 42.0 Å². The highest BCUT2D eigenvalue weighted by atomic mass is 32.2. The molecule has 1 N–H and O–H groups in total. The van der Waals surface area contributed by atoms with Crippen LogP contribution in [0.1, 0.15) is 10.4 Å². The molecule has 0 aliphatic rings. The standard InChI is InChI=1S/C12H10O3S/c1-16(15)11-4-2-3-8-5-6-9(12(13)14)7-10(8)11/h2-7H,1H3,(H,13,14). The van der Waals surface area contributed by atoms with Gasteiger partial charge in [0.05, 0.1) is 5.56 Å². The Bertz CT molecular complexity index is 549. The fraction of sp³-hybridized carbons (Fsp3) is 0.0833. The predicted octanol–water partition coefficient (Wildman–Crippen LogP) is 2.28. The second kappa shape index (κ2) is 4.15. The Morgan fingerprint density at radius 1 is 1.31 bits per heavy atom. The van der Waals surface area contributed by atoms with Gasteiger partial charge in [-0.25, -0.2) is 4.79 Å². The maximum Gasteiger partial charge on any atom is 0.335 e. The van der Waals surface area contributed by atoms with Crippen molar-refractivity contribution in [2.24, 2.45) is 0 Å². The molecule has 0 bridgehead atoms. The molecule has 16 heavy (non-hydrogen) atoms. The van der Waals surface area contributed by atoms with Crippen molar-refractivity contribution >= 4 is 27.9 Å². The van der Waals surface area contributed by atoms with Crippen LogP contribution in [0.3, 0.4) is 0 Å². The van der Waals surface area contributed by atoms with E-state index in [4.69, 9.17) is 5.11 Å². The third kappa shape index (κ3) is 1.89. The molecule has 2 rings (SSSR count). The second-order valence-corrected chi connectivity index (χ2v) is 4.80. The maximum absolute atomic E-state index is 11.5. The molecule has 1 unspecified atom stereocenters. The van der Waals surface area contributed by atoms with Gasteiger partial charge in [0.25, 0.3) is 0 Å². The fourth-order valence-corrected chi connectivity index (χ4v) is 2.38. The van der Waals surface area contributed by atoms with Crippen LogP contribution in [0.15, 0.2) is 41.3 Å². The summed E-state index contributed by atoms with van der Waals surface area (Å²) in [5, 5.41) is 10.5. The van der Waals surface area contributed by atoms with E-state index in [2.05, 4.69) is 0 Å². The van der Waals surface area contributed by atoms with Crippen molar-refractivity contribution in [1.29, 1.82) is 0 Å².